The Morgan fingerprint density at radius 2 is 1.08 bits per heavy atom. The monoisotopic (exact) mass is 532 g/mol. The molecular weight excluding hydrogens is 496 g/mol. The predicted molar refractivity (Wildman–Crippen MR) is 150 cm³/mol. The third kappa shape index (κ3) is 10.2. The van der Waals surface area contributed by atoms with Crippen LogP contribution in [0.3, 0.4) is 0 Å². The molecule has 0 saturated carbocycles. The van der Waals surface area contributed by atoms with Gasteiger partial charge in [-0.3, -0.25) is 0 Å². The summed E-state index contributed by atoms with van der Waals surface area (Å²) in [7, 11) is 0. The van der Waals surface area contributed by atoms with Crippen LogP contribution in [0.2, 0.25) is 0 Å². The first kappa shape index (κ1) is 29.4. The first-order valence-electron chi connectivity index (χ1n) is 13.3. The molecule has 0 heterocycles. The molecule has 0 aliphatic carbocycles. The summed E-state index contributed by atoms with van der Waals surface area (Å²) >= 11 is 0. The number of benzene rings is 3. The third-order valence-electron chi connectivity index (χ3n) is 5.66. The molecule has 3 rings (SSSR count). The van der Waals surface area contributed by atoms with Crippen LogP contribution in [0.15, 0.2) is 77.0 Å². The average Bonchev–Trinajstić information content (AvgIpc) is 2.95. The summed E-state index contributed by atoms with van der Waals surface area (Å²) in [6, 6.07) is 20.1. The van der Waals surface area contributed by atoms with Crippen LogP contribution < -0.4 is 9.47 Å². The highest BCUT2D eigenvalue weighted by atomic mass is 16.5. The van der Waals surface area contributed by atoms with Gasteiger partial charge >= 0.3 is 11.9 Å². The molecule has 0 radical (unpaired) electrons. The molecule has 0 aromatic heterocycles. The van der Waals surface area contributed by atoms with Gasteiger partial charge in [-0.1, -0.05) is 17.7 Å². The molecular formula is C31H36N2O6. The second-order valence-corrected chi connectivity index (χ2v) is 8.83. The lowest BCUT2D eigenvalue weighted by Gasteiger charge is -2.11. The molecule has 0 amide bonds. The molecule has 0 unspecified atom stereocenters. The van der Waals surface area contributed by atoms with E-state index >= 15 is 0 Å². The van der Waals surface area contributed by atoms with Gasteiger partial charge in [-0.25, -0.2) is 9.59 Å². The zero-order valence-electron chi connectivity index (χ0n) is 22.9. The molecule has 0 fully saturated rings. The van der Waals surface area contributed by atoms with Gasteiger partial charge in [-0.05, 0) is 101 Å². The minimum absolute atomic E-state index is 0.244. The van der Waals surface area contributed by atoms with E-state index in [-0.39, 0.29) is 24.3 Å². The van der Waals surface area contributed by atoms with Crippen LogP contribution in [0, 0.1) is 6.92 Å². The van der Waals surface area contributed by atoms with E-state index in [0.29, 0.717) is 19.0 Å². The van der Waals surface area contributed by atoms with E-state index in [1.54, 1.807) is 26.0 Å². The number of hydrogen-bond donors (Lipinski definition) is 0. The Balaban J connectivity index is 1.36. The molecule has 206 valence electrons. The smallest absolute Gasteiger partial charge is 0.338 e. The van der Waals surface area contributed by atoms with Gasteiger partial charge in [0.05, 0.1) is 48.9 Å². The Bertz CT molecular complexity index is 1190. The van der Waals surface area contributed by atoms with Gasteiger partial charge in [-0.2, -0.15) is 10.2 Å². The Labute approximate surface area is 230 Å². The van der Waals surface area contributed by atoms with E-state index in [2.05, 4.69) is 10.2 Å². The fourth-order valence-corrected chi connectivity index (χ4v) is 3.62. The number of carbonyl (C=O) groups excluding carboxylic acids is 2. The van der Waals surface area contributed by atoms with Crippen molar-refractivity contribution in [3.63, 3.8) is 0 Å². The SMILES string of the molecule is CCOC(=O)c1cc(OCCCCCCOc2ccc(/N=N/c3ccc(C)cc3)cc2)cc(C(=O)OCC)c1. The van der Waals surface area contributed by atoms with Crippen LogP contribution in [0.25, 0.3) is 0 Å². The summed E-state index contributed by atoms with van der Waals surface area (Å²) in [6.07, 6.45) is 3.70. The van der Waals surface area contributed by atoms with Crippen LogP contribution in [0.5, 0.6) is 11.5 Å². The van der Waals surface area contributed by atoms with Crippen molar-refractivity contribution in [2.45, 2.75) is 46.5 Å². The maximum atomic E-state index is 12.2. The maximum Gasteiger partial charge on any atom is 0.338 e. The van der Waals surface area contributed by atoms with E-state index in [1.165, 1.54) is 11.6 Å². The zero-order valence-corrected chi connectivity index (χ0v) is 22.9. The highest BCUT2D eigenvalue weighted by Gasteiger charge is 2.15. The molecule has 39 heavy (non-hydrogen) atoms. The number of azo groups is 1. The Morgan fingerprint density at radius 1 is 0.615 bits per heavy atom. The highest BCUT2D eigenvalue weighted by molar-refractivity contribution is 5.96. The Hall–Kier alpha value is -4.20. The predicted octanol–water partition coefficient (Wildman–Crippen LogP) is 7.78. The Morgan fingerprint density at radius 3 is 1.56 bits per heavy atom. The number of ether oxygens (including phenoxy) is 4. The van der Waals surface area contributed by atoms with Crippen LogP contribution >= 0.6 is 0 Å². The zero-order chi connectivity index (χ0) is 27.9. The van der Waals surface area contributed by atoms with E-state index in [4.69, 9.17) is 18.9 Å². The first-order valence-corrected chi connectivity index (χ1v) is 13.3. The molecule has 8 heteroatoms. The van der Waals surface area contributed by atoms with Crippen LogP contribution in [-0.2, 0) is 9.47 Å². The van der Waals surface area contributed by atoms with Gasteiger partial charge in [0.25, 0.3) is 0 Å². The van der Waals surface area contributed by atoms with Gasteiger partial charge in [-0.15, -0.1) is 0 Å². The summed E-state index contributed by atoms with van der Waals surface area (Å²) in [6.45, 7) is 7.07. The van der Waals surface area contributed by atoms with Gasteiger partial charge in [0.2, 0.25) is 0 Å². The lowest BCUT2D eigenvalue weighted by atomic mass is 10.1. The summed E-state index contributed by atoms with van der Waals surface area (Å²) in [5.41, 5.74) is 3.30. The summed E-state index contributed by atoms with van der Waals surface area (Å²) in [5, 5.41) is 8.51. The number of nitrogens with zero attached hydrogens (tertiary/aromatic N) is 2. The second kappa shape index (κ2) is 15.9. The third-order valence-corrected chi connectivity index (χ3v) is 5.66. The van der Waals surface area contributed by atoms with Crippen LogP contribution in [0.4, 0.5) is 11.4 Å². The molecule has 3 aromatic rings. The van der Waals surface area contributed by atoms with Crippen molar-refractivity contribution >= 4 is 23.3 Å². The largest absolute Gasteiger partial charge is 0.494 e. The van der Waals surface area contributed by atoms with Crippen molar-refractivity contribution < 1.29 is 28.5 Å². The van der Waals surface area contributed by atoms with Crippen LogP contribution in [0.1, 0.15) is 65.8 Å². The van der Waals surface area contributed by atoms with Gasteiger partial charge in [0, 0.05) is 0 Å². The fraction of sp³-hybridized carbons (Fsp3) is 0.355. The van der Waals surface area contributed by atoms with Gasteiger partial charge < -0.3 is 18.9 Å². The van der Waals surface area contributed by atoms with Crippen molar-refractivity contribution in [1.29, 1.82) is 0 Å². The second-order valence-electron chi connectivity index (χ2n) is 8.83. The topological polar surface area (TPSA) is 95.8 Å². The molecule has 0 spiro atoms. The first-order chi connectivity index (χ1) is 19.0. The summed E-state index contributed by atoms with van der Waals surface area (Å²) in [5.74, 6) is 0.227. The molecule has 3 aromatic carbocycles. The maximum absolute atomic E-state index is 12.2. The molecule has 0 saturated heterocycles. The minimum atomic E-state index is -0.505. The van der Waals surface area contributed by atoms with E-state index in [9.17, 15) is 9.59 Å². The molecule has 0 atom stereocenters. The lowest BCUT2D eigenvalue weighted by molar-refractivity contribution is 0.0524. The molecule has 8 nitrogen and oxygen atoms in total. The molecule has 0 bridgehead atoms. The highest BCUT2D eigenvalue weighted by Crippen LogP contribution is 2.22. The van der Waals surface area contributed by atoms with Crippen molar-refractivity contribution in [3.05, 3.63) is 83.4 Å². The van der Waals surface area contributed by atoms with E-state index in [0.717, 1.165) is 42.8 Å². The number of hydrogen-bond acceptors (Lipinski definition) is 8. The fourth-order valence-electron chi connectivity index (χ4n) is 3.62. The van der Waals surface area contributed by atoms with Crippen molar-refractivity contribution in [2.75, 3.05) is 26.4 Å². The van der Waals surface area contributed by atoms with E-state index < -0.39 is 11.9 Å². The number of rotatable bonds is 15. The lowest BCUT2D eigenvalue weighted by Crippen LogP contribution is -2.10. The summed E-state index contributed by atoms with van der Waals surface area (Å²) < 4.78 is 21.8. The van der Waals surface area contributed by atoms with E-state index in [1.807, 2.05) is 55.5 Å². The van der Waals surface area contributed by atoms with Crippen molar-refractivity contribution in [2.24, 2.45) is 10.2 Å². The number of aryl methyl sites for hydroxylation is 1. The standard InChI is InChI=1S/C31H36N2O6/c1-4-36-30(34)24-20-25(31(35)37-5-2)22-29(21-24)39-19-9-7-6-8-18-38-28-16-14-27(15-17-28)33-32-26-12-10-23(3)11-13-26/h10-17,20-22H,4-9,18-19H2,1-3H3/b33-32+. The van der Waals surface area contributed by atoms with Gasteiger partial charge in [0.15, 0.2) is 0 Å². The number of unbranched alkanes of at least 4 members (excludes halogenated alkanes) is 3. The molecule has 0 aliphatic rings. The quantitative estimate of drug-likeness (QED) is 0.113. The van der Waals surface area contributed by atoms with Crippen molar-refractivity contribution in [1.82, 2.24) is 0 Å². The van der Waals surface area contributed by atoms with Crippen LogP contribution in [-0.4, -0.2) is 38.4 Å². The van der Waals surface area contributed by atoms with Crippen molar-refractivity contribution in [3.8, 4) is 11.5 Å². The number of carbonyl (C=O) groups is 2. The normalized spacial score (nSPS) is 10.8. The average molecular weight is 533 g/mol. The number of esters is 2. The molecule has 0 N–H and O–H groups in total. The summed E-state index contributed by atoms with van der Waals surface area (Å²) in [4.78, 5) is 24.3. The molecule has 0 aliphatic heterocycles. The minimum Gasteiger partial charge on any atom is -0.494 e. The Kier molecular flexibility index (Phi) is 12.0. The van der Waals surface area contributed by atoms with Gasteiger partial charge in [0.1, 0.15) is 11.5 Å².